The summed E-state index contributed by atoms with van der Waals surface area (Å²) >= 11 is 6.02. The first kappa shape index (κ1) is 15.2. The Morgan fingerprint density at radius 1 is 1.29 bits per heavy atom. The first-order chi connectivity index (χ1) is 10.1. The molecule has 0 heterocycles. The summed E-state index contributed by atoms with van der Waals surface area (Å²) in [6.45, 7) is 0.511. The first-order valence-corrected chi connectivity index (χ1v) is 6.94. The maximum Gasteiger partial charge on any atom is 0.252 e. The first-order valence-electron chi connectivity index (χ1n) is 6.57. The van der Waals surface area contributed by atoms with Crippen LogP contribution in [0.3, 0.4) is 0 Å². The van der Waals surface area contributed by atoms with E-state index in [1.54, 1.807) is 25.3 Å². The number of halogens is 1. The summed E-state index contributed by atoms with van der Waals surface area (Å²) in [6.07, 6.45) is 0.711. The van der Waals surface area contributed by atoms with Gasteiger partial charge < -0.3 is 15.8 Å². The quantitative estimate of drug-likeness (QED) is 0.835. The second kappa shape index (κ2) is 6.99. The number of ether oxygens (including phenoxy) is 1. The van der Waals surface area contributed by atoms with Gasteiger partial charge in [-0.05, 0) is 36.2 Å². The summed E-state index contributed by atoms with van der Waals surface area (Å²) in [7, 11) is 1.63. The number of hydrogen-bond donors (Lipinski definition) is 2. The second-order valence-electron chi connectivity index (χ2n) is 4.57. The van der Waals surface area contributed by atoms with Crippen LogP contribution in [0.25, 0.3) is 0 Å². The number of carbonyl (C=O) groups excluding carboxylic acids is 1. The molecule has 0 atom stereocenters. The Balaban J connectivity index is 1.94. The number of benzene rings is 2. The van der Waals surface area contributed by atoms with E-state index in [4.69, 9.17) is 22.1 Å². The lowest BCUT2D eigenvalue weighted by atomic mass is 10.1. The van der Waals surface area contributed by atoms with E-state index < -0.39 is 0 Å². The zero-order valence-electron chi connectivity index (χ0n) is 11.7. The number of hydrogen-bond acceptors (Lipinski definition) is 3. The molecule has 21 heavy (non-hydrogen) atoms. The largest absolute Gasteiger partial charge is 0.497 e. The van der Waals surface area contributed by atoms with E-state index in [1.165, 1.54) is 0 Å². The van der Waals surface area contributed by atoms with E-state index in [9.17, 15) is 4.79 Å². The van der Waals surface area contributed by atoms with Crippen molar-refractivity contribution >= 4 is 23.2 Å². The van der Waals surface area contributed by atoms with Crippen molar-refractivity contribution in [3.05, 3.63) is 58.6 Å². The zero-order chi connectivity index (χ0) is 15.2. The zero-order valence-corrected chi connectivity index (χ0v) is 12.5. The smallest absolute Gasteiger partial charge is 0.252 e. The van der Waals surface area contributed by atoms with Crippen LogP contribution in [-0.2, 0) is 6.42 Å². The molecule has 0 aliphatic carbocycles. The molecule has 0 aliphatic rings. The molecule has 0 saturated carbocycles. The summed E-state index contributed by atoms with van der Waals surface area (Å²) in [5.74, 6) is 0.577. The Morgan fingerprint density at radius 3 is 2.81 bits per heavy atom. The third-order valence-corrected chi connectivity index (χ3v) is 3.53. The van der Waals surface area contributed by atoms with Crippen LogP contribution in [-0.4, -0.2) is 19.6 Å². The van der Waals surface area contributed by atoms with E-state index in [1.807, 2.05) is 24.3 Å². The number of carbonyl (C=O) groups is 1. The molecule has 0 spiro atoms. The molecule has 5 heteroatoms. The van der Waals surface area contributed by atoms with Gasteiger partial charge in [-0.15, -0.1) is 0 Å². The minimum Gasteiger partial charge on any atom is -0.497 e. The van der Waals surface area contributed by atoms with Gasteiger partial charge >= 0.3 is 0 Å². The van der Waals surface area contributed by atoms with Gasteiger partial charge in [-0.1, -0.05) is 29.8 Å². The van der Waals surface area contributed by atoms with Crippen molar-refractivity contribution in [2.24, 2.45) is 0 Å². The van der Waals surface area contributed by atoms with Crippen molar-refractivity contribution < 1.29 is 9.53 Å². The summed E-state index contributed by atoms with van der Waals surface area (Å²) in [4.78, 5) is 12.1. The van der Waals surface area contributed by atoms with E-state index in [0.717, 1.165) is 11.3 Å². The molecular formula is C16H17ClN2O2. The number of anilines is 1. The van der Waals surface area contributed by atoms with Gasteiger partial charge in [0.1, 0.15) is 5.75 Å². The van der Waals surface area contributed by atoms with Crippen molar-refractivity contribution in [2.75, 3.05) is 19.4 Å². The number of nitrogen functional groups attached to an aromatic ring is 1. The molecule has 110 valence electrons. The number of nitrogens with one attached hydrogen (secondary N) is 1. The predicted molar refractivity (Wildman–Crippen MR) is 84.9 cm³/mol. The Hall–Kier alpha value is -2.20. The van der Waals surface area contributed by atoms with E-state index in [2.05, 4.69) is 5.32 Å². The third-order valence-electron chi connectivity index (χ3n) is 3.11. The van der Waals surface area contributed by atoms with Gasteiger partial charge in [-0.2, -0.15) is 0 Å². The average molecular weight is 305 g/mol. The average Bonchev–Trinajstić information content (AvgIpc) is 2.50. The Bertz CT molecular complexity index is 644. The summed E-state index contributed by atoms with van der Waals surface area (Å²) in [5.41, 5.74) is 7.57. The van der Waals surface area contributed by atoms with E-state index in [-0.39, 0.29) is 10.9 Å². The van der Waals surface area contributed by atoms with Crippen LogP contribution in [0.5, 0.6) is 5.75 Å². The van der Waals surface area contributed by atoms with Gasteiger partial charge in [0.25, 0.3) is 5.91 Å². The number of nitrogens with two attached hydrogens (primary N) is 1. The summed E-state index contributed by atoms with van der Waals surface area (Å²) < 4.78 is 5.16. The fraction of sp³-hybridized carbons (Fsp3) is 0.188. The van der Waals surface area contributed by atoms with Crippen LogP contribution in [0, 0.1) is 0 Å². The predicted octanol–water partition coefficient (Wildman–Crippen LogP) is 2.90. The lowest BCUT2D eigenvalue weighted by Gasteiger charge is -2.09. The molecule has 0 saturated heterocycles. The van der Waals surface area contributed by atoms with Crippen molar-refractivity contribution in [3.8, 4) is 5.75 Å². The van der Waals surface area contributed by atoms with Gasteiger partial charge in [0, 0.05) is 6.54 Å². The van der Waals surface area contributed by atoms with Gasteiger partial charge in [-0.3, -0.25) is 4.79 Å². The van der Waals surface area contributed by atoms with Crippen LogP contribution in [0.2, 0.25) is 5.02 Å². The normalized spacial score (nSPS) is 10.2. The van der Waals surface area contributed by atoms with Gasteiger partial charge in [-0.25, -0.2) is 0 Å². The van der Waals surface area contributed by atoms with Crippen molar-refractivity contribution in [3.63, 3.8) is 0 Å². The molecule has 0 radical (unpaired) electrons. The fourth-order valence-electron chi connectivity index (χ4n) is 1.97. The Kier molecular flexibility index (Phi) is 5.06. The Morgan fingerprint density at radius 2 is 2.05 bits per heavy atom. The Labute approximate surface area is 128 Å². The number of rotatable bonds is 5. The molecule has 0 aliphatic heterocycles. The molecule has 4 nitrogen and oxygen atoms in total. The topological polar surface area (TPSA) is 64.3 Å². The molecule has 0 fully saturated rings. The maximum atomic E-state index is 12.1. The van der Waals surface area contributed by atoms with Crippen LogP contribution >= 0.6 is 11.6 Å². The summed E-state index contributed by atoms with van der Waals surface area (Å²) in [6, 6.07) is 12.8. The molecular weight excluding hydrogens is 288 g/mol. The minimum atomic E-state index is -0.227. The van der Waals surface area contributed by atoms with Gasteiger partial charge in [0.15, 0.2) is 0 Å². The molecule has 2 aromatic carbocycles. The molecule has 0 aromatic heterocycles. The highest BCUT2D eigenvalue weighted by Gasteiger charge is 2.11. The molecule has 1 amide bonds. The second-order valence-corrected chi connectivity index (χ2v) is 4.94. The van der Waals surface area contributed by atoms with E-state index >= 15 is 0 Å². The van der Waals surface area contributed by atoms with Gasteiger partial charge in [0.05, 0.1) is 23.4 Å². The van der Waals surface area contributed by atoms with E-state index in [0.29, 0.717) is 24.2 Å². The molecule has 0 bridgehead atoms. The third kappa shape index (κ3) is 3.89. The van der Waals surface area contributed by atoms with Crippen LogP contribution in [0.15, 0.2) is 42.5 Å². The van der Waals surface area contributed by atoms with Crippen molar-refractivity contribution in [1.82, 2.24) is 5.32 Å². The lowest BCUT2D eigenvalue weighted by molar-refractivity contribution is 0.0954. The molecule has 2 rings (SSSR count). The van der Waals surface area contributed by atoms with Crippen LogP contribution in [0.1, 0.15) is 15.9 Å². The standard InChI is InChI=1S/C16H17ClN2O2/c1-21-12-5-2-4-11(10-12)8-9-19-16(20)13-6-3-7-14(18)15(13)17/h2-7,10H,8-9,18H2,1H3,(H,19,20). The minimum absolute atomic E-state index is 0.227. The molecule has 2 aromatic rings. The SMILES string of the molecule is COc1cccc(CCNC(=O)c2cccc(N)c2Cl)c1. The summed E-state index contributed by atoms with van der Waals surface area (Å²) in [5, 5.41) is 3.12. The monoisotopic (exact) mass is 304 g/mol. The number of methoxy groups -OCH3 is 1. The number of amides is 1. The maximum absolute atomic E-state index is 12.1. The van der Waals surface area contributed by atoms with Crippen LogP contribution < -0.4 is 15.8 Å². The highest BCUT2D eigenvalue weighted by molar-refractivity contribution is 6.36. The van der Waals surface area contributed by atoms with Crippen molar-refractivity contribution in [1.29, 1.82) is 0 Å². The highest BCUT2D eigenvalue weighted by Crippen LogP contribution is 2.22. The lowest BCUT2D eigenvalue weighted by Crippen LogP contribution is -2.26. The molecule has 0 unspecified atom stereocenters. The van der Waals surface area contributed by atoms with Gasteiger partial charge in [0.2, 0.25) is 0 Å². The molecule has 3 N–H and O–H groups in total. The van der Waals surface area contributed by atoms with Crippen LogP contribution in [0.4, 0.5) is 5.69 Å². The van der Waals surface area contributed by atoms with Crippen molar-refractivity contribution in [2.45, 2.75) is 6.42 Å². The fourth-order valence-corrected chi connectivity index (χ4v) is 2.18. The highest BCUT2D eigenvalue weighted by atomic mass is 35.5.